The molecule has 0 fully saturated rings. The molecule has 0 N–H and O–H groups in total. The Bertz CT molecular complexity index is 6.00. The van der Waals surface area contributed by atoms with Crippen molar-refractivity contribution < 1.29 is 21.9 Å². The molecular formula is C2H4FeO. The fourth-order valence-electron chi connectivity index (χ4n) is 0. The average Bonchev–Trinajstić information content (AvgIpc) is 1.00. The molecule has 0 saturated heterocycles. The fraction of sp³-hybridized carbons (Fsp3) is 0. The Kier molecular flexibility index (Phi) is 3210. The minimum Gasteiger partial charge on any atom is -0.545 e. The molecular weight excluding hydrogens is 95.9 g/mol. The summed E-state index contributed by atoms with van der Waals surface area (Å²) in [6.45, 7) is 3.25. The van der Waals surface area contributed by atoms with Crippen molar-refractivity contribution >= 4 is 6.79 Å². The van der Waals surface area contributed by atoms with Gasteiger partial charge in [0.15, 0.2) is 0 Å². The summed E-state index contributed by atoms with van der Waals surface area (Å²) in [6.07, 6.45) is 0. The van der Waals surface area contributed by atoms with Crippen LogP contribution in [0.4, 0.5) is 0 Å². The molecule has 0 aliphatic heterocycles. The van der Waals surface area contributed by atoms with Crippen LogP contribution in [-0.4, -0.2) is 6.79 Å². The molecule has 0 amide bonds. The minimum atomic E-state index is 0. The first-order valence-electron chi connectivity index (χ1n) is 0.236. The monoisotopic (exact) mass is 100.0 g/mol. The molecule has 4 heavy (non-hydrogen) atoms. The number of rotatable bonds is 0. The molecule has 0 aliphatic rings. The van der Waals surface area contributed by atoms with Crippen molar-refractivity contribution in [2.24, 2.45) is 0 Å². The van der Waals surface area contributed by atoms with Crippen LogP contribution in [0, 0.1) is 7.43 Å². The third-order valence-corrected chi connectivity index (χ3v) is 0. The van der Waals surface area contributed by atoms with E-state index < -0.39 is 0 Å². The van der Waals surface area contributed by atoms with E-state index in [2.05, 4.69) is 6.79 Å². The van der Waals surface area contributed by atoms with Gasteiger partial charge in [-0.2, -0.15) is 0 Å². The number of hydrogen-bond donors (Lipinski definition) is 0. The summed E-state index contributed by atoms with van der Waals surface area (Å²) in [5, 5.41) is 0. The van der Waals surface area contributed by atoms with E-state index in [0.717, 1.165) is 0 Å². The molecule has 1 nitrogen and oxygen atoms in total. The van der Waals surface area contributed by atoms with Gasteiger partial charge in [-0.1, -0.05) is 0 Å². The van der Waals surface area contributed by atoms with Crippen LogP contribution in [0.2, 0.25) is 0 Å². The van der Waals surface area contributed by atoms with Gasteiger partial charge >= 0.3 is 17.1 Å². The Labute approximate surface area is 36.9 Å². The average molecular weight is 99.9 g/mol. The van der Waals surface area contributed by atoms with Crippen molar-refractivity contribution in [1.29, 1.82) is 0 Å². The maximum absolute atomic E-state index is 7.75. The molecule has 0 saturated carbocycles. The molecule has 0 aliphatic carbocycles. The quantitative estimate of drug-likeness (QED) is 0.241. The Morgan fingerprint density at radius 2 is 1.25 bits per heavy atom. The normalized spacial score (nSPS) is 1.00. The van der Waals surface area contributed by atoms with Crippen LogP contribution < -0.4 is 0 Å². The molecule has 0 unspecified atom stereocenters. The summed E-state index contributed by atoms with van der Waals surface area (Å²) in [4.78, 5) is 7.75. The van der Waals surface area contributed by atoms with E-state index in [1.165, 1.54) is 0 Å². The van der Waals surface area contributed by atoms with Gasteiger partial charge in [-0.25, -0.2) is 0 Å². The SMILES string of the molecule is [CH-]=O.[CH3-].[Fe+2]. The standard InChI is InChI=1S/CHO.CH3.Fe/c1-2;;/h1H;1H3;/q2*-1;+2. The Hall–Kier alpha value is 0.189. The van der Waals surface area contributed by atoms with Gasteiger partial charge in [0.2, 0.25) is 0 Å². The Balaban J connectivity index is -0.00000000500. The predicted octanol–water partition coefficient (Wildman–Crippen LogP) is 0.174. The van der Waals surface area contributed by atoms with Crippen molar-refractivity contribution in [3.63, 3.8) is 0 Å². The van der Waals surface area contributed by atoms with Gasteiger partial charge in [-0.15, -0.1) is 0 Å². The number of carbonyl (C=O) groups excluding carboxylic acids is 1. The summed E-state index contributed by atoms with van der Waals surface area (Å²) >= 11 is 0. The first-order chi connectivity index (χ1) is 1.00. The van der Waals surface area contributed by atoms with E-state index in [9.17, 15) is 0 Å². The van der Waals surface area contributed by atoms with Crippen LogP contribution in [0.5, 0.6) is 0 Å². The second-order valence-corrected chi connectivity index (χ2v) is 0. The van der Waals surface area contributed by atoms with Crippen molar-refractivity contribution in [3.8, 4) is 0 Å². The van der Waals surface area contributed by atoms with Crippen molar-refractivity contribution in [2.75, 3.05) is 0 Å². The minimum absolute atomic E-state index is 0. The van der Waals surface area contributed by atoms with E-state index in [0.29, 0.717) is 0 Å². The van der Waals surface area contributed by atoms with Gasteiger partial charge in [-0.3, -0.25) is 6.79 Å². The van der Waals surface area contributed by atoms with Crippen LogP contribution in [0.15, 0.2) is 0 Å². The summed E-state index contributed by atoms with van der Waals surface area (Å²) in [5.41, 5.74) is 0. The predicted molar refractivity (Wildman–Crippen MR) is 13.2 cm³/mol. The van der Waals surface area contributed by atoms with Gasteiger partial charge in [0, 0.05) is 0 Å². The van der Waals surface area contributed by atoms with Crippen molar-refractivity contribution in [1.82, 2.24) is 0 Å². The zero-order valence-corrected chi connectivity index (χ0v) is 3.44. The molecule has 0 heterocycles. The topological polar surface area (TPSA) is 17.1 Å². The third kappa shape index (κ3) is 86.3. The van der Waals surface area contributed by atoms with Crippen molar-refractivity contribution in [2.45, 2.75) is 0 Å². The summed E-state index contributed by atoms with van der Waals surface area (Å²) < 4.78 is 0. The van der Waals surface area contributed by atoms with E-state index in [4.69, 9.17) is 4.79 Å². The molecule has 0 aromatic rings. The molecule has 0 spiro atoms. The largest absolute Gasteiger partial charge is 2.00 e. The van der Waals surface area contributed by atoms with Gasteiger partial charge in [0.1, 0.15) is 0 Å². The first kappa shape index (κ1) is 30.1. The van der Waals surface area contributed by atoms with Gasteiger partial charge in [0.05, 0.1) is 0 Å². The van der Waals surface area contributed by atoms with E-state index >= 15 is 0 Å². The first-order valence-corrected chi connectivity index (χ1v) is 0.236. The van der Waals surface area contributed by atoms with Crippen LogP contribution in [0.1, 0.15) is 0 Å². The third-order valence-electron chi connectivity index (χ3n) is 0. The zero-order chi connectivity index (χ0) is 2.00. The summed E-state index contributed by atoms with van der Waals surface area (Å²) in [5.74, 6) is 0. The Morgan fingerprint density at radius 3 is 1.25 bits per heavy atom. The number of hydrogen-bond acceptors (Lipinski definition) is 1. The molecule has 0 bridgehead atoms. The molecule has 0 aromatic carbocycles. The summed E-state index contributed by atoms with van der Waals surface area (Å²) in [6, 6.07) is 0. The molecule has 0 radical (unpaired) electrons. The van der Waals surface area contributed by atoms with Crippen LogP contribution in [-0.2, 0) is 21.9 Å². The van der Waals surface area contributed by atoms with Crippen LogP contribution in [0.3, 0.4) is 0 Å². The van der Waals surface area contributed by atoms with E-state index in [1.54, 1.807) is 0 Å². The molecule has 0 atom stereocenters. The van der Waals surface area contributed by atoms with Gasteiger partial charge in [-0.05, 0) is 0 Å². The molecule has 0 aromatic heterocycles. The van der Waals surface area contributed by atoms with E-state index in [1.807, 2.05) is 0 Å². The van der Waals surface area contributed by atoms with Crippen molar-refractivity contribution in [3.05, 3.63) is 7.43 Å². The van der Waals surface area contributed by atoms with E-state index in [-0.39, 0.29) is 24.5 Å². The zero-order valence-electron chi connectivity index (χ0n) is 2.34. The smallest absolute Gasteiger partial charge is 0.545 e. The Morgan fingerprint density at radius 1 is 1.25 bits per heavy atom. The molecule has 2 heteroatoms. The maximum Gasteiger partial charge on any atom is 2.00 e. The molecule has 26 valence electrons. The second-order valence-electron chi connectivity index (χ2n) is 0. The van der Waals surface area contributed by atoms with Gasteiger partial charge in [0.25, 0.3) is 0 Å². The maximum atomic E-state index is 7.75. The molecule has 0 rings (SSSR count). The second kappa shape index (κ2) is 426. The van der Waals surface area contributed by atoms with Crippen LogP contribution >= 0.6 is 0 Å². The summed E-state index contributed by atoms with van der Waals surface area (Å²) in [7, 11) is 0. The fourth-order valence-corrected chi connectivity index (χ4v) is 0. The van der Waals surface area contributed by atoms with Crippen LogP contribution in [0.25, 0.3) is 0 Å². The van der Waals surface area contributed by atoms with Gasteiger partial charge < -0.3 is 12.2 Å².